The molecule has 0 radical (unpaired) electrons. The van der Waals surface area contributed by atoms with Crippen LogP contribution in [0.5, 0.6) is 0 Å². The maximum absolute atomic E-state index is 13.3. The molecule has 0 aliphatic carbocycles. The Morgan fingerprint density at radius 3 is 1.86 bits per heavy atom. The van der Waals surface area contributed by atoms with Gasteiger partial charge in [-0.2, -0.15) is 0 Å². The molecule has 1 amide bonds. The first-order valence-electron chi connectivity index (χ1n) is 9.50. The molecule has 0 saturated carbocycles. The largest absolute Gasteiger partial charge is 0.455 e. The van der Waals surface area contributed by atoms with Crippen molar-refractivity contribution in [2.75, 3.05) is 12.4 Å². The molecule has 0 fully saturated rings. The van der Waals surface area contributed by atoms with Crippen LogP contribution in [-0.4, -0.2) is 30.3 Å². The molecule has 0 aromatic heterocycles. The van der Waals surface area contributed by atoms with Crippen molar-refractivity contribution in [1.29, 1.82) is 0 Å². The summed E-state index contributed by atoms with van der Waals surface area (Å²) in [5, 5.41) is 2.50. The van der Waals surface area contributed by atoms with E-state index in [1.54, 1.807) is 24.3 Å². The van der Waals surface area contributed by atoms with Gasteiger partial charge in [-0.25, -0.2) is 8.78 Å². The third-order valence-corrected chi connectivity index (χ3v) is 5.71. The topological polar surface area (TPSA) is 55.4 Å². The quantitative estimate of drug-likeness (QED) is 0.568. The third kappa shape index (κ3) is 7.49. The summed E-state index contributed by atoms with van der Waals surface area (Å²) in [7, 11) is 0. The van der Waals surface area contributed by atoms with E-state index in [-0.39, 0.29) is 41.2 Å². The number of nitrogens with one attached hydrogen (secondary N) is 1. The molecular formula is C22H25F2NO3S. The predicted octanol–water partition coefficient (Wildman–Crippen LogP) is 4.64. The molecular weight excluding hydrogens is 396 g/mol. The fraction of sp³-hybridized carbons (Fsp3) is 0.364. The van der Waals surface area contributed by atoms with E-state index >= 15 is 0 Å². The first-order valence-corrected chi connectivity index (χ1v) is 10.5. The summed E-state index contributed by atoms with van der Waals surface area (Å²) in [5.74, 6) is -1.58. The second-order valence-electron chi connectivity index (χ2n) is 6.54. The molecule has 4 nitrogen and oxygen atoms in total. The van der Waals surface area contributed by atoms with Gasteiger partial charge in [0.2, 0.25) is 0 Å². The van der Waals surface area contributed by atoms with Crippen molar-refractivity contribution >= 4 is 23.6 Å². The number of rotatable bonds is 10. The number of benzene rings is 2. The van der Waals surface area contributed by atoms with Crippen molar-refractivity contribution in [3.63, 3.8) is 0 Å². The Labute approximate surface area is 174 Å². The molecule has 0 atom stereocenters. The van der Waals surface area contributed by atoms with Gasteiger partial charge in [-0.3, -0.25) is 9.59 Å². The molecule has 2 rings (SSSR count). The molecule has 0 aliphatic heterocycles. The zero-order valence-corrected chi connectivity index (χ0v) is 17.3. The minimum absolute atomic E-state index is 0.00230. The number of amides is 1. The Hall–Kier alpha value is -2.41. The second-order valence-corrected chi connectivity index (χ2v) is 7.63. The van der Waals surface area contributed by atoms with Gasteiger partial charge in [0.1, 0.15) is 11.6 Å². The van der Waals surface area contributed by atoms with Gasteiger partial charge in [-0.05, 0) is 48.2 Å². The summed E-state index contributed by atoms with van der Waals surface area (Å²) < 4.78 is 31.6. The van der Waals surface area contributed by atoms with Gasteiger partial charge >= 0.3 is 5.97 Å². The van der Waals surface area contributed by atoms with Crippen molar-refractivity contribution in [3.05, 3.63) is 71.3 Å². The average molecular weight is 422 g/mol. The van der Waals surface area contributed by atoms with Gasteiger partial charge in [-0.15, -0.1) is 11.8 Å². The number of hydrogen-bond donors (Lipinski definition) is 1. The number of hydrogen-bond acceptors (Lipinski definition) is 4. The smallest absolute Gasteiger partial charge is 0.316 e. The van der Waals surface area contributed by atoms with Gasteiger partial charge in [0.05, 0.1) is 11.0 Å². The highest BCUT2D eigenvalue weighted by Crippen LogP contribution is 2.35. The predicted molar refractivity (Wildman–Crippen MR) is 111 cm³/mol. The first-order chi connectivity index (χ1) is 13.9. The summed E-state index contributed by atoms with van der Waals surface area (Å²) in [5.41, 5.74) is 1.56. The maximum Gasteiger partial charge on any atom is 0.316 e. The van der Waals surface area contributed by atoms with E-state index in [1.807, 2.05) is 13.8 Å². The van der Waals surface area contributed by atoms with E-state index in [1.165, 1.54) is 36.0 Å². The highest BCUT2D eigenvalue weighted by Gasteiger charge is 2.18. The van der Waals surface area contributed by atoms with E-state index in [4.69, 9.17) is 4.74 Å². The van der Waals surface area contributed by atoms with E-state index < -0.39 is 5.97 Å². The van der Waals surface area contributed by atoms with Crippen LogP contribution in [0.2, 0.25) is 0 Å². The summed E-state index contributed by atoms with van der Waals surface area (Å²) in [6.07, 6.45) is 1.62. The van der Waals surface area contributed by atoms with Crippen LogP contribution in [0.1, 0.15) is 43.1 Å². The fourth-order valence-corrected chi connectivity index (χ4v) is 3.85. The lowest BCUT2D eigenvalue weighted by molar-refractivity contribution is -0.146. The lowest BCUT2D eigenvalue weighted by Gasteiger charge is -2.18. The number of thioether (sulfide) groups is 1. The van der Waals surface area contributed by atoms with Crippen LogP contribution < -0.4 is 5.32 Å². The number of halogens is 2. The molecule has 0 aliphatic rings. The third-order valence-electron chi connectivity index (χ3n) is 4.43. The Kier molecular flexibility index (Phi) is 9.12. The van der Waals surface area contributed by atoms with Gasteiger partial charge in [0.25, 0.3) is 5.91 Å². The van der Waals surface area contributed by atoms with Crippen LogP contribution in [0.3, 0.4) is 0 Å². The number of esters is 1. The molecule has 156 valence electrons. The van der Waals surface area contributed by atoms with Gasteiger partial charge in [0.15, 0.2) is 6.61 Å². The van der Waals surface area contributed by atoms with E-state index in [0.717, 1.165) is 24.0 Å². The number of carbonyl (C=O) groups is 2. The van der Waals surface area contributed by atoms with Crippen LogP contribution in [0.15, 0.2) is 48.5 Å². The highest BCUT2D eigenvalue weighted by molar-refractivity contribution is 8.00. The molecule has 0 spiro atoms. The lowest BCUT2D eigenvalue weighted by Crippen LogP contribution is -2.37. The molecule has 7 heteroatoms. The molecule has 0 heterocycles. The van der Waals surface area contributed by atoms with Gasteiger partial charge in [0, 0.05) is 6.04 Å². The molecule has 29 heavy (non-hydrogen) atoms. The van der Waals surface area contributed by atoms with Crippen LogP contribution in [-0.2, 0) is 14.3 Å². The Balaban J connectivity index is 1.97. The zero-order chi connectivity index (χ0) is 21.2. The highest BCUT2D eigenvalue weighted by atomic mass is 32.2. The molecule has 0 unspecified atom stereocenters. The monoisotopic (exact) mass is 421 g/mol. The van der Waals surface area contributed by atoms with Gasteiger partial charge < -0.3 is 10.1 Å². The minimum Gasteiger partial charge on any atom is -0.455 e. The van der Waals surface area contributed by atoms with E-state index in [9.17, 15) is 18.4 Å². The number of carbonyl (C=O) groups excluding carboxylic acids is 2. The fourth-order valence-electron chi connectivity index (χ4n) is 2.76. The van der Waals surface area contributed by atoms with Crippen molar-refractivity contribution < 1.29 is 23.1 Å². The molecule has 0 bridgehead atoms. The Morgan fingerprint density at radius 1 is 0.931 bits per heavy atom. The average Bonchev–Trinajstić information content (AvgIpc) is 2.73. The van der Waals surface area contributed by atoms with Crippen LogP contribution in [0, 0.1) is 11.6 Å². The summed E-state index contributed by atoms with van der Waals surface area (Å²) in [4.78, 5) is 24.0. The Bertz CT molecular complexity index is 747. The van der Waals surface area contributed by atoms with Crippen molar-refractivity contribution in [3.8, 4) is 0 Å². The molecule has 2 aromatic carbocycles. The lowest BCUT2D eigenvalue weighted by atomic mass is 10.0. The van der Waals surface area contributed by atoms with E-state index in [2.05, 4.69) is 5.32 Å². The minimum atomic E-state index is -0.524. The van der Waals surface area contributed by atoms with Crippen LogP contribution >= 0.6 is 11.8 Å². The van der Waals surface area contributed by atoms with Crippen molar-refractivity contribution in [2.24, 2.45) is 0 Å². The van der Waals surface area contributed by atoms with Gasteiger partial charge in [-0.1, -0.05) is 38.1 Å². The standard InChI is InChI=1S/C22H25F2NO3S/c1-3-19(4-2)25-20(26)13-28-21(27)14-29-22(15-5-9-17(23)10-6-15)16-7-11-18(24)12-8-16/h5-12,19,22H,3-4,13-14H2,1-2H3,(H,25,26). The number of ether oxygens (including phenoxy) is 1. The zero-order valence-electron chi connectivity index (χ0n) is 16.5. The molecule has 0 saturated heterocycles. The second kappa shape index (κ2) is 11.6. The first kappa shape index (κ1) is 22.9. The summed E-state index contributed by atoms with van der Waals surface area (Å²) in [6.45, 7) is 3.62. The van der Waals surface area contributed by atoms with Crippen molar-refractivity contribution in [1.82, 2.24) is 5.32 Å². The normalized spacial score (nSPS) is 11.0. The van der Waals surface area contributed by atoms with Crippen molar-refractivity contribution in [2.45, 2.75) is 38.0 Å². The van der Waals surface area contributed by atoms with Crippen LogP contribution in [0.4, 0.5) is 8.78 Å². The van der Waals surface area contributed by atoms with E-state index in [0.29, 0.717) is 0 Å². The maximum atomic E-state index is 13.3. The molecule has 2 aromatic rings. The van der Waals surface area contributed by atoms with Crippen LogP contribution in [0.25, 0.3) is 0 Å². The Morgan fingerprint density at radius 2 is 1.41 bits per heavy atom. The molecule has 1 N–H and O–H groups in total. The summed E-state index contributed by atoms with van der Waals surface area (Å²) in [6, 6.07) is 11.9. The summed E-state index contributed by atoms with van der Waals surface area (Å²) >= 11 is 1.27. The SMILES string of the molecule is CCC(CC)NC(=O)COC(=O)CSC(c1ccc(F)cc1)c1ccc(F)cc1.